The van der Waals surface area contributed by atoms with Crippen molar-refractivity contribution in [1.29, 1.82) is 0 Å². The number of ether oxygens (including phenoxy) is 2. The minimum absolute atomic E-state index is 0.240. The zero-order chi connectivity index (χ0) is 20.4. The number of nitrogens with zero attached hydrogens (tertiary/aromatic N) is 3. The molecule has 0 spiro atoms. The van der Waals surface area contributed by atoms with Crippen LogP contribution in [-0.4, -0.2) is 60.6 Å². The fraction of sp³-hybridized carbons (Fsp3) is 0.545. The summed E-state index contributed by atoms with van der Waals surface area (Å²) in [7, 11) is 3.22. The lowest BCUT2D eigenvalue weighted by Gasteiger charge is -2.37. The molecule has 2 aromatic rings. The minimum atomic E-state index is 0.240. The van der Waals surface area contributed by atoms with Crippen molar-refractivity contribution in [2.24, 2.45) is 0 Å². The molecule has 0 radical (unpaired) electrons. The molecule has 1 aromatic carbocycles. The molecule has 1 aromatic heterocycles. The molecule has 1 saturated carbocycles. The van der Waals surface area contributed by atoms with Crippen molar-refractivity contribution in [3.8, 4) is 23.0 Å². The van der Waals surface area contributed by atoms with Crippen LogP contribution in [0.4, 0.5) is 0 Å². The average Bonchev–Trinajstić information content (AvgIpc) is 3.38. The summed E-state index contributed by atoms with van der Waals surface area (Å²) in [4.78, 5) is 21.6. The van der Waals surface area contributed by atoms with Crippen molar-refractivity contribution in [3.63, 3.8) is 0 Å². The van der Waals surface area contributed by atoms with Crippen molar-refractivity contribution in [2.45, 2.75) is 45.2 Å². The Hall–Kier alpha value is -2.54. The Balaban J connectivity index is 1.44. The fourth-order valence-corrected chi connectivity index (χ4v) is 4.35. The van der Waals surface area contributed by atoms with Gasteiger partial charge in [0, 0.05) is 31.2 Å². The van der Waals surface area contributed by atoms with Gasteiger partial charge in [-0.15, -0.1) is 0 Å². The maximum absolute atomic E-state index is 12.6. The average molecular weight is 399 g/mol. The highest BCUT2D eigenvalue weighted by Crippen LogP contribution is 2.33. The number of methoxy groups -OCH3 is 2. The number of oxazole rings is 1. The predicted molar refractivity (Wildman–Crippen MR) is 109 cm³/mol. The number of carbonyl (C=O) groups excluding carboxylic acids is 1. The molecule has 1 aliphatic carbocycles. The van der Waals surface area contributed by atoms with E-state index in [1.54, 1.807) is 14.2 Å². The maximum Gasteiger partial charge on any atom is 0.237 e. The van der Waals surface area contributed by atoms with Crippen molar-refractivity contribution in [2.75, 3.05) is 33.9 Å². The molecule has 0 N–H and O–H groups in total. The van der Waals surface area contributed by atoms with Gasteiger partial charge in [0.05, 0.1) is 26.5 Å². The molecule has 1 saturated heterocycles. The lowest BCUT2D eigenvalue weighted by molar-refractivity contribution is -0.138. The summed E-state index contributed by atoms with van der Waals surface area (Å²) in [5.41, 5.74) is 1.70. The highest BCUT2D eigenvalue weighted by molar-refractivity contribution is 5.79. The van der Waals surface area contributed by atoms with Gasteiger partial charge in [0.15, 0.2) is 11.5 Å². The molecular formula is C22H29N3O4. The van der Waals surface area contributed by atoms with E-state index in [0.29, 0.717) is 36.5 Å². The van der Waals surface area contributed by atoms with Crippen LogP contribution in [0.1, 0.15) is 37.1 Å². The number of carbonyl (C=O) groups is 1. The van der Waals surface area contributed by atoms with Crippen LogP contribution in [0.3, 0.4) is 0 Å². The number of hydrogen-bond donors (Lipinski definition) is 0. The van der Waals surface area contributed by atoms with Gasteiger partial charge in [-0.3, -0.25) is 9.69 Å². The molecule has 1 aliphatic heterocycles. The van der Waals surface area contributed by atoms with Crippen molar-refractivity contribution in [3.05, 3.63) is 29.7 Å². The first-order valence-electron chi connectivity index (χ1n) is 10.3. The first-order chi connectivity index (χ1) is 14.1. The van der Waals surface area contributed by atoms with E-state index < -0.39 is 0 Å². The molecule has 7 heteroatoms. The van der Waals surface area contributed by atoms with Crippen LogP contribution >= 0.6 is 0 Å². The normalized spacial score (nSPS) is 18.4. The molecule has 4 rings (SSSR count). The summed E-state index contributed by atoms with van der Waals surface area (Å²) in [6, 6.07) is 6.06. The topological polar surface area (TPSA) is 68.0 Å². The quantitative estimate of drug-likeness (QED) is 0.743. The lowest BCUT2D eigenvalue weighted by Crippen LogP contribution is -2.53. The summed E-state index contributed by atoms with van der Waals surface area (Å²) in [5, 5.41) is 0. The van der Waals surface area contributed by atoms with Crippen LogP contribution in [0.25, 0.3) is 11.5 Å². The molecule has 0 atom stereocenters. The minimum Gasteiger partial charge on any atom is -0.493 e. The van der Waals surface area contributed by atoms with Crippen LogP contribution < -0.4 is 9.47 Å². The van der Waals surface area contributed by atoms with E-state index in [2.05, 4.69) is 9.80 Å². The number of piperazine rings is 1. The monoisotopic (exact) mass is 399 g/mol. The molecule has 7 nitrogen and oxygen atoms in total. The van der Waals surface area contributed by atoms with Gasteiger partial charge in [0.1, 0.15) is 5.76 Å². The number of benzene rings is 1. The summed E-state index contributed by atoms with van der Waals surface area (Å²) in [6.45, 7) is 4.67. The zero-order valence-electron chi connectivity index (χ0n) is 17.4. The van der Waals surface area contributed by atoms with Crippen LogP contribution in [-0.2, 0) is 11.3 Å². The molecular weight excluding hydrogens is 370 g/mol. The Morgan fingerprint density at radius 2 is 1.90 bits per heavy atom. The van der Waals surface area contributed by atoms with E-state index in [1.807, 2.05) is 25.1 Å². The second kappa shape index (κ2) is 8.45. The van der Waals surface area contributed by atoms with Crippen LogP contribution in [0.15, 0.2) is 22.6 Å². The second-order valence-corrected chi connectivity index (χ2v) is 7.83. The second-order valence-electron chi connectivity index (χ2n) is 7.83. The van der Waals surface area contributed by atoms with Crippen LogP contribution in [0, 0.1) is 6.92 Å². The van der Waals surface area contributed by atoms with Gasteiger partial charge in [0.25, 0.3) is 0 Å². The van der Waals surface area contributed by atoms with Crippen molar-refractivity contribution >= 4 is 5.91 Å². The highest BCUT2D eigenvalue weighted by Gasteiger charge is 2.31. The first-order valence-corrected chi connectivity index (χ1v) is 10.3. The number of hydrogen-bond acceptors (Lipinski definition) is 6. The van der Waals surface area contributed by atoms with Crippen molar-refractivity contribution in [1.82, 2.24) is 14.8 Å². The van der Waals surface area contributed by atoms with Gasteiger partial charge in [0.2, 0.25) is 11.8 Å². The Labute approximate surface area is 171 Å². The highest BCUT2D eigenvalue weighted by atomic mass is 16.5. The van der Waals surface area contributed by atoms with E-state index >= 15 is 0 Å². The van der Waals surface area contributed by atoms with Gasteiger partial charge < -0.3 is 18.8 Å². The molecule has 156 valence electrons. The van der Waals surface area contributed by atoms with Gasteiger partial charge in [-0.25, -0.2) is 4.98 Å². The molecule has 0 bridgehead atoms. The van der Waals surface area contributed by atoms with Gasteiger partial charge in [-0.1, -0.05) is 12.8 Å². The summed E-state index contributed by atoms with van der Waals surface area (Å²) >= 11 is 0. The third-order valence-electron chi connectivity index (χ3n) is 6.00. The Bertz CT molecular complexity index is 873. The summed E-state index contributed by atoms with van der Waals surface area (Å²) < 4.78 is 16.6. The smallest absolute Gasteiger partial charge is 0.237 e. The Morgan fingerprint density at radius 3 is 2.59 bits per heavy atom. The van der Waals surface area contributed by atoms with Gasteiger partial charge >= 0.3 is 0 Å². The zero-order valence-corrected chi connectivity index (χ0v) is 17.4. The molecule has 29 heavy (non-hydrogen) atoms. The third-order valence-corrected chi connectivity index (χ3v) is 6.00. The summed E-state index contributed by atoms with van der Waals surface area (Å²) in [5.74, 6) is 2.87. The Morgan fingerprint density at radius 1 is 1.14 bits per heavy atom. The molecule has 2 aliphatic rings. The lowest BCUT2D eigenvalue weighted by atomic mass is 10.1. The Kier molecular flexibility index (Phi) is 5.76. The third kappa shape index (κ3) is 4.10. The van der Waals surface area contributed by atoms with E-state index in [4.69, 9.17) is 18.9 Å². The number of amides is 1. The van der Waals surface area contributed by atoms with Crippen LogP contribution in [0.5, 0.6) is 11.5 Å². The van der Waals surface area contributed by atoms with E-state index in [1.165, 1.54) is 12.8 Å². The number of rotatable bonds is 6. The molecule has 2 heterocycles. The number of aromatic nitrogens is 1. The molecule has 0 unspecified atom stereocenters. The van der Waals surface area contributed by atoms with Gasteiger partial charge in [-0.05, 0) is 38.0 Å². The molecule has 1 amide bonds. The van der Waals surface area contributed by atoms with E-state index in [-0.39, 0.29) is 5.91 Å². The predicted octanol–water partition coefficient (Wildman–Crippen LogP) is 3.25. The number of aryl methyl sites for hydroxylation is 1. The van der Waals surface area contributed by atoms with Gasteiger partial charge in [-0.2, -0.15) is 0 Å². The SMILES string of the molecule is COc1ccc(-c2nc(CN3CCN(C4CCCC4)C(=O)C3)c(C)o2)cc1OC. The largest absolute Gasteiger partial charge is 0.493 e. The fourth-order valence-electron chi connectivity index (χ4n) is 4.35. The van der Waals surface area contributed by atoms with E-state index in [9.17, 15) is 4.79 Å². The van der Waals surface area contributed by atoms with Crippen LogP contribution in [0.2, 0.25) is 0 Å². The maximum atomic E-state index is 12.6. The van der Waals surface area contributed by atoms with E-state index in [0.717, 1.165) is 42.9 Å². The molecule has 2 fully saturated rings. The summed E-state index contributed by atoms with van der Waals surface area (Å²) in [6.07, 6.45) is 4.80. The first kappa shape index (κ1) is 19.8. The standard InChI is InChI=1S/C22H29N3O4/c1-15-18(13-24-10-11-25(21(26)14-24)17-6-4-5-7-17)23-22(29-15)16-8-9-19(27-2)20(12-16)28-3/h8-9,12,17H,4-7,10-11,13-14H2,1-3H3. The van der Waals surface area contributed by atoms with Crippen molar-refractivity contribution < 1.29 is 18.7 Å².